The Morgan fingerprint density at radius 3 is 0.707 bits per heavy atom. The number of benzene rings is 4. The molecule has 0 spiro atoms. The monoisotopic (exact) mass is 793 g/mol. The molecule has 7 aliphatic heterocycles. The third kappa shape index (κ3) is 12.3. The van der Waals surface area contributed by atoms with Gasteiger partial charge in [-0.2, -0.15) is 0 Å². The van der Waals surface area contributed by atoms with Gasteiger partial charge in [0.1, 0.15) is 0 Å². The predicted molar refractivity (Wildman–Crippen MR) is 229 cm³/mol. The molecule has 4 amide bonds. The highest BCUT2D eigenvalue weighted by atomic mass is 16.2. The second-order valence-corrected chi connectivity index (χ2v) is 15.0. The number of hydrogen-bond donors (Lipinski definition) is 4. The van der Waals surface area contributed by atoms with E-state index in [9.17, 15) is 19.2 Å². The highest BCUT2D eigenvalue weighted by molar-refractivity contribution is 5.95. The number of rotatable bonds is 8. The fourth-order valence-electron chi connectivity index (χ4n) is 7.46. The van der Waals surface area contributed by atoms with Crippen LogP contribution in [0.2, 0.25) is 0 Å². The van der Waals surface area contributed by atoms with Gasteiger partial charge in [-0.1, -0.05) is 48.5 Å². The molecule has 0 radical (unpaired) electrons. The third-order valence-corrected chi connectivity index (χ3v) is 10.6. The van der Waals surface area contributed by atoms with Gasteiger partial charge in [-0.15, -0.1) is 0 Å². The maximum absolute atomic E-state index is 13.3. The van der Waals surface area contributed by atoms with Crippen molar-refractivity contribution in [2.24, 2.45) is 0 Å². The largest absolute Gasteiger partial charge is 0.357 e. The summed E-state index contributed by atoms with van der Waals surface area (Å²) in [5, 5.41) is 0. The van der Waals surface area contributed by atoms with Crippen LogP contribution >= 0.6 is 0 Å². The third-order valence-electron chi connectivity index (χ3n) is 10.6. The fraction of sp³-hybridized carbons (Fsp3) is 0.391. The summed E-state index contributed by atoms with van der Waals surface area (Å²) < 4.78 is 0. The number of hydrogen-bond acceptors (Lipinski definition) is 4. The van der Waals surface area contributed by atoms with E-state index in [4.69, 9.17) is 0 Å². The molecule has 12 nitrogen and oxygen atoms in total. The summed E-state index contributed by atoms with van der Waals surface area (Å²) in [6, 6.07) is 32.6. The predicted octanol–water partition coefficient (Wildman–Crippen LogP) is 2.00. The molecule has 12 N–H and O–H groups in total. The molecule has 12 heteroatoms. The molecule has 0 atom stereocenters. The first-order chi connectivity index (χ1) is 28.2. The SMILES string of the molecule is [NH3+]CCC(=O)N1CCCCN(C(=O)CC[NH3+])c2ccc(cc2)Cc2ccc(cc2)N(C(=O)CC[NH3+])CCCCN(C(=O)CC[NH3+])c2ccc(cc2)Cc2ccc1cc2. The number of carbonyl (C=O) groups is 4. The van der Waals surface area contributed by atoms with Gasteiger partial charge in [0, 0.05) is 48.9 Å². The molecule has 0 saturated carbocycles. The summed E-state index contributed by atoms with van der Waals surface area (Å²) in [5.74, 6) is 0.157. The van der Waals surface area contributed by atoms with Gasteiger partial charge in [0.25, 0.3) is 0 Å². The van der Waals surface area contributed by atoms with Crippen LogP contribution in [0.3, 0.4) is 0 Å². The van der Waals surface area contributed by atoms with Gasteiger partial charge in [-0.3, -0.25) is 19.2 Å². The maximum Gasteiger partial charge on any atom is 0.232 e. The Balaban J connectivity index is 1.43. The van der Waals surface area contributed by atoms with E-state index in [0.717, 1.165) is 70.7 Å². The molecular weight excluding hydrogens is 729 g/mol. The van der Waals surface area contributed by atoms with Crippen LogP contribution in [0.15, 0.2) is 97.1 Å². The normalized spacial score (nSPS) is 14.6. The first-order valence-corrected chi connectivity index (χ1v) is 21.0. The molecule has 0 aromatic heterocycles. The molecule has 8 bridgehead atoms. The molecule has 0 aliphatic carbocycles. The second kappa shape index (κ2) is 22.5. The first kappa shape index (κ1) is 43.7. The minimum absolute atomic E-state index is 0.0392. The van der Waals surface area contributed by atoms with E-state index in [0.29, 0.717) is 90.9 Å². The lowest BCUT2D eigenvalue weighted by Gasteiger charge is -2.26. The number of amides is 4. The number of carbonyl (C=O) groups excluding carboxylic acids is 4. The summed E-state index contributed by atoms with van der Waals surface area (Å²) in [7, 11) is 0. The minimum atomic E-state index is 0.0392. The molecule has 7 aliphatic rings. The van der Waals surface area contributed by atoms with Crippen molar-refractivity contribution in [1.82, 2.24) is 0 Å². The van der Waals surface area contributed by atoms with Gasteiger partial charge in [0.15, 0.2) is 0 Å². The van der Waals surface area contributed by atoms with Gasteiger partial charge in [0.2, 0.25) is 23.6 Å². The lowest BCUT2D eigenvalue weighted by atomic mass is 10.0. The molecule has 0 unspecified atom stereocenters. The standard InChI is InChI=1S/C46H60N8O4/c47-25-21-43(55)51-29-1-2-30-52(44(56)22-26-48)40-15-7-36(8-16-40)34-38-11-19-42(20-12-38)54(46(58)24-28-50)32-4-3-31-53(45(57)23-27-49)41-17-9-37(10-18-41)33-35-5-13-39(51)14-6-35/h5-20H,1-4,21-34,47-50H2/p+4. The van der Waals surface area contributed by atoms with E-state index in [-0.39, 0.29) is 23.6 Å². The van der Waals surface area contributed by atoms with E-state index in [1.807, 2.05) is 68.1 Å². The molecule has 11 rings (SSSR count). The van der Waals surface area contributed by atoms with Gasteiger partial charge in [0.05, 0.1) is 51.9 Å². The minimum Gasteiger partial charge on any atom is -0.357 e. The zero-order chi connectivity index (χ0) is 41.3. The average molecular weight is 793 g/mol. The van der Waals surface area contributed by atoms with E-state index >= 15 is 0 Å². The highest BCUT2D eigenvalue weighted by Crippen LogP contribution is 2.25. The van der Waals surface area contributed by atoms with Crippen LogP contribution in [-0.4, -0.2) is 76.0 Å². The summed E-state index contributed by atoms with van der Waals surface area (Å²) in [4.78, 5) is 60.7. The van der Waals surface area contributed by atoms with Gasteiger partial charge < -0.3 is 42.5 Å². The second-order valence-electron chi connectivity index (χ2n) is 15.0. The zero-order valence-corrected chi connectivity index (χ0v) is 34.2. The highest BCUT2D eigenvalue weighted by Gasteiger charge is 2.21. The van der Waals surface area contributed by atoms with Crippen molar-refractivity contribution in [1.29, 1.82) is 0 Å². The maximum atomic E-state index is 13.3. The molecular formula is C46H64N8O4+4. The molecule has 0 saturated heterocycles. The van der Waals surface area contributed by atoms with Crippen molar-refractivity contribution in [3.63, 3.8) is 0 Å². The van der Waals surface area contributed by atoms with Crippen molar-refractivity contribution in [3.05, 3.63) is 119 Å². The summed E-state index contributed by atoms with van der Waals surface area (Å²) >= 11 is 0. The van der Waals surface area contributed by atoms with Crippen LogP contribution in [0.4, 0.5) is 22.7 Å². The Morgan fingerprint density at radius 1 is 0.345 bits per heavy atom. The molecule has 7 heterocycles. The van der Waals surface area contributed by atoms with Crippen molar-refractivity contribution < 1.29 is 42.1 Å². The van der Waals surface area contributed by atoms with Crippen molar-refractivity contribution in [3.8, 4) is 0 Å². The zero-order valence-electron chi connectivity index (χ0n) is 34.2. The van der Waals surface area contributed by atoms with E-state index in [1.165, 1.54) is 0 Å². The number of quaternary nitrogens is 4. The topological polar surface area (TPSA) is 192 Å². The Bertz CT molecular complexity index is 1640. The summed E-state index contributed by atoms with van der Waals surface area (Å²) in [5.41, 5.74) is 23.5. The Kier molecular flexibility index (Phi) is 17.0. The Labute approximate surface area is 343 Å². The Hall–Kier alpha value is -5.40. The van der Waals surface area contributed by atoms with Gasteiger partial charge >= 0.3 is 0 Å². The molecule has 4 aromatic carbocycles. The van der Waals surface area contributed by atoms with Crippen LogP contribution in [0.5, 0.6) is 0 Å². The van der Waals surface area contributed by atoms with Crippen molar-refractivity contribution in [2.75, 3.05) is 72.0 Å². The average Bonchev–Trinajstić information content (AvgIpc) is 3.22. The molecule has 308 valence electrons. The quantitative estimate of drug-likeness (QED) is 0.212. The van der Waals surface area contributed by atoms with E-state index in [1.54, 1.807) is 0 Å². The molecule has 0 fully saturated rings. The van der Waals surface area contributed by atoms with Gasteiger partial charge in [-0.05, 0) is 109 Å². The summed E-state index contributed by atoms with van der Waals surface area (Å²) in [6.07, 6.45) is 5.77. The molecule has 58 heavy (non-hydrogen) atoms. The first-order valence-electron chi connectivity index (χ1n) is 21.0. The number of anilines is 4. The van der Waals surface area contributed by atoms with Crippen LogP contribution in [-0.2, 0) is 32.0 Å². The fourth-order valence-corrected chi connectivity index (χ4v) is 7.46. The van der Waals surface area contributed by atoms with E-state index < -0.39 is 0 Å². The van der Waals surface area contributed by atoms with Crippen LogP contribution in [0.1, 0.15) is 73.6 Å². The Morgan fingerprint density at radius 2 is 0.534 bits per heavy atom. The van der Waals surface area contributed by atoms with Crippen molar-refractivity contribution >= 4 is 46.4 Å². The van der Waals surface area contributed by atoms with Crippen LogP contribution in [0, 0.1) is 0 Å². The summed E-state index contributed by atoms with van der Waals surface area (Å²) in [6.45, 7) is 4.25. The molecule has 4 aromatic rings. The van der Waals surface area contributed by atoms with Crippen molar-refractivity contribution in [2.45, 2.75) is 64.2 Å². The number of nitrogens with zero attached hydrogens (tertiary/aromatic N) is 4. The lowest BCUT2D eigenvalue weighted by Crippen LogP contribution is -2.52. The van der Waals surface area contributed by atoms with Crippen LogP contribution < -0.4 is 42.5 Å². The van der Waals surface area contributed by atoms with Gasteiger partial charge in [-0.25, -0.2) is 0 Å². The van der Waals surface area contributed by atoms with Crippen LogP contribution in [0.25, 0.3) is 0 Å². The lowest BCUT2D eigenvalue weighted by molar-refractivity contribution is -0.366. The van der Waals surface area contributed by atoms with E-state index in [2.05, 4.69) is 71.5 Å². The smallest absolute Gasteiger partial charge is 0.232 e.